The summed E-state index contributed by atoms with van der Waals surface area (Å²) < 4.78 is 1.00. The molecule has 1 amide bonds. The normalized spacial score (nSPS) is 11.6. The summed E-state index contributed by atoms with van der Waals surface area (Å²) in [4.78, 5) is 10.8. The monoisotopic (exact) mass is 182 g/mol. The van der Waals surface area contributed by atoms with Crippen LogP contribution >= 0.6 is 0 Å². The molecule has 5 heteroatoms. The molecule has 5 nitrogen and oxygen atoms in total. The van der Waals surface area contributed by atoms with E-state index in [0.29, 0.717) is 0 Å². The quantitative estimate of drug-likeness (QED) is 0.618. The van der Waals surface area contributed by atoms with Crippen molar-refractivity contribution in [3.63, 3.8) is 0 Å². The van der Waals surface area contributed by atoms with E-state index in [4.69, 9.17) is 11.5 Å². The molecular formula is C8H14N4O. The van der Waals surface area contributed by atoms with Crippen molar-refractivity contribution in [2.24, 2.45) is 5.73 Å². The number of carbonyl (C=O) groups excluding carboxylic acids is 1. The van der Waals surface area contributed by atoms with E-state index >= 15 is 0 Å². The molecule has 1 aromatic rings. The van der Waals surface area contributed by atoms with Crippen LogP contribution in [-0.2, 0) is 5.41 Å². The van der Waals surface area contributed by atoms with Crippen molar-refractivity contribution in [2.45, 2.75) is 26.2 Å². The van der Waals surface area contributed by atoms with E-state index in [2.05, 4.69) is 5.10 Å². The molecule has 0 unspecified atom stereocenters. The van der Waals surface area contributed by atoms with E-state index in [1.165, 1.54) is 0 Å². The number of amides is 1. The highest BCUT2D eigenvalue weighted by Gasteiger charge is 2.20. The molecule has 0 atom stereocenters. The summed E-state index contributed by atoms with van der Waals surface area (Å²) >= 11 is 0. The van der Waals surface area contributed by atoms with Gasteiger partial charge in [-0.25, -0.2) is 4.79 Å². The van der Waals surface area contributed by atoms with Gasteiger partial charge in [0.05, 0.1) is 5.69 Å². The summed E-state index contributed by atoms with van der Waals surface area (Å²) in [6.45, 7) is 5.96. The summed E-state index contributed by atoms with van der Waals surface area (Å²) in [6, 6.07) is 0.998. The number of hydrogen-bond donors (Lipinski definition) is 2. The fraction of sp³-hybridized carbons (Fsp3) is 0.500. The average Bonchev–Trinajstić information content (AvgIpc) is 2.29. The molecule has 0 radical (unpaired) electrons. The molecule has 0 aliphatic carbocycles. The fourth-order valence-corrected chi connectivity index (χ4v) is 0.939. The highest BCUT2D eigenvalue weighted by molar-refractivity contribution is 5.77. The van der Waals surface area contributed by atoms with Crippen molar-refractivity contribution in [2.75, 3.05) is 5.73 Å². The van der Waals surface area contributed by atoms with Crippen molar-refractivity contribution in [3.05, 3.63) is 11.8 Å². The Morgan fingerprint density at radius 1 is 1.54 bits per heavy atom. The van der Waals surface area contributed by atoms with Crippen LogP contribution in [0.5, 0.6) is 0 Å². The second-order valence-electron chi connectivity index (χ2n) is 3.95. The molecule has 0 aliphatic heterocycles. The Morgan fingerprint density at radius 3 is 2.31 bits per heavy atom. The lowest BCUT2D eigenvalue weighted by atomic mass is 9.92. The lowest BCUT2D eigenvalue weighted by Crippen LogP contribution is -2.23. The molecule has 4 N–H and O–H groups in total. The molecule has 72 valence electrons. The second-order valence-corrected chi connectivity index (χ2v) is 3.95. The first-order chi connectivity index (χ1) is 5.82. The standard InChI is InChI=1S/C8H14N4O/c1-8(2,3)5-4-6(9)12(11-5)7(10)13/h4H,9H2,1-3H3,(H2,10,13). The van der Waals surface area contributed by atoms with Crippen LogP contribution in [0.3, 0.4) is 0 Å². The third kappa shape index (κ3) is 1.80. The van der Waals surface area contributed by atoms with Crippen LogP contribution in [0.25, 0.3) is 0 Å². The Bertz CT molecular complexity index is 334. The van der Waals surface area contributed by atoms with Crippen molar-refractivity contribution in [1.82, 2.24) is 9.78 Å². The maximum absolute atomic E-state index is 10.8. The number of anilines is 1. The Kier molecular flexibility index (Phi) is 2.03. The number of aromatic nitrogens is 2. The predicted octanol–water partition coefficient (Wildman–Crippen LogP) is 0.690. The van der Waals surface area contributed by atoms with Crippen LogP contribution in [0.2, 0.25) is 0 Å². The maximum atomic E-state index is 10.8. The highest BCUT2D eigenvalue weighted by Crippen LogP contribution is 2.22. The summed E-state index contributed by atoms with van der Waals surface area (Å²) in [5, 5.41) is 4.00. The minimum absolute atomic E-state index is 0.130. The molecule has 0 aliphatic rings. The lowest BCUT2D eigenvalue weighted by Gasteiger charge is -2.13. The van der Waals surface area contributed by atoms with Gasteiger partial charge in [-0.1, -0.05) is 20.8 Å². The van der Waals surface area contributed by atoms with Crippen LogP contribution in [-0.4, -0.2) is 15.8 Å². The third-order valence-corrected chi connectivity index (χ3v) is 1.71. The first kappa shape index (κ1) is 9.57. The maximum Gasteiger partial charge on any atom is 0.341 e. The van der Waals surface area contributed by atoms with Crippen LogP contribution in [0.1, 0.15) is 26.5 Å². The SMILES string of the molecule is CC(C)(C)c1cc(N)n(C(N)=O)n1. The molecule has 0 spiro atoms. The number of primary amides is 1. The highest BCUT2D eigenvalue weighted by atomic mass is 16.2. The van der Waals surface area contributed by atoms with Crippen LogP contribution in [0, 0.1) is 0 Å². The van der Waals surface area contributed by atoms with Crippen LogP contribution in [0.4, 0.5) is 10.6 Å². The smallest absolute Gasteiger partial charge is 0.341 e. The van der Waals surface area contributed by atoms with Crippen LogP contribution < -0.4 is 11.5 Å². The summed E-state index contributed by atoms with van der Waals surface area (Å²) in [5.74, 6) is 0.275. The number of rotatable bonds is 0. The molecule has 0 bridgehead atoms. The first-order valence-corrected chi connectivity index (χ1v) is 3.98. The molecule has 0 saturated heterocycles. The zero-order valence-corrected chi connectivity index (χ0v) is 8.03. The van der Waals surface area contributed by atoms with Gasteiger partial charge in [0.15, 0.2) is 0 Å². The van der Waals surface area contributed by atoms with Crippen molar-refractivity contribution in [1.29, 1.82) is 0 Å². The largest absolute Gasteiger partial charge is 0.383 e. The van der Waals surface area contributed by atoms with Crippen molar-refractivity contribution >= 4 is 11.8 Å². The Morgan fingerprint density at radius 2 is 2.08 bits per heavy atom. The number of hydrogen-bond acceptors (Lipinski definition) is 3. The number of nitrogen functional groups attached to an aromatic ring is 1. The van der Waals surface area contributed by atoms with Gasteiger partial charge < -0.3 is 11.5 Å². The number of nitrogens with zero attached hydrogens (tertiary/aromatic N) is 2. The molecule has 0 aromatic carbocycles. The average molecular weight is 182 g/mol. The Hall–Kier alpha value is -1.52. The molecule has 1 rings (SSSR count). The molecule has 1 aromatic heterocycles. The van der Waals surface area contributed by atoms with E-state index in [1.807, 2.05) is 20.8 Å². The van der Waals surface area contributed by atoms with Crippen LogP contribution in [0.15, 0.2) is 6.07 Å². The van der Waals surface area contributed by atoms with Crippen molar-refractivity contribution in [3.8, 4) is 0 Å². The van der Waals surface area contributed by atoms with Gasteiger partial charge in [0.1, 0.15) is 5.82 Å². The number of nitrogens with two attached hydrogens (primary N) is 2. The molecular weight excluding hydrogens is 168 g/mol. The van der Waals surface area contributed by atoms with Gasteiger partial charge in [0, 0.05) is 11.5 Å². The van der Waals surface area contributed by atoms with Gasteiger partial charge in [-0.3, -0.25) is 0 Å². The number of carbonyl (C=O) groups is 1. The summed E-state index contributed by atoms with van der Waals surface area (Å²) in [5.41, 5.74) is 11.2. The lowest BCUT2D eigenvalue weighted by molar-refractivity contribution is 0.248. The minimum atomic E-state index is -0.659. The van der Waals surface area contributed by atoms with E-state index in [0.717, 1.165) is 10.4 Å². The van der Waals surface area contributed by atoms with E-state index in [9.17, 15) is 4.79 Å². The van der Waals surface area contributed by atoms with Gasteiger partial charge in [-0.2, -0.15) is 9.78 Å². The van der Waals surface area contributed by atoms with Gasteiger partial charge >= 0.3 is 6.03 Å². The zero-order chi connectivity index (χ0) is 10.2. The summed E-state index contributed by atoms with van der Waals surface area (Å²) in [6.07, 6.45) is 0. The Labute approximate surface area is 76.7 Å². The van der Waals surface area contributed by atoms with E-state index < -0.39 is 6.03 Å². The molecule has 0 fully saturated rings. The van der Waals surface area contributed by atoms with Gasteiger partial charge in [0.25, 0.3) is 0 Å². The van der Waals surface area contributed by atoms with Gasteiger partial charge in [-0.05, 0) is 0 Å². The summed E-state index contributed by atoms with van der Waals surface area (Å²) in [7, 11) is 0. The Balaban J connectivity index is 3.17. The predicted molar refractivity (Wildman–Crippen MR) is 50.3 cm³/mol. The topological polar surface area (TPSA) is 86.9 Å². The second kappa shape index (κ2) is 2.76. The fourth-order valence-electron chi connectivity index (χ4n) is 0.939. The molecule has 0 saturated carbocycles. The van der Waals surface area contributed by atoms with Gasteiger partial charge in [-0.15, -0.1) is 0 Å². The van der Waals surface area contributed by atoms with Gasteiger partial charge in [0.2, 0.25) is 0 Å². The van der Waals surface area contributed by atoms with E-state index in [-0.39, 0.29) is 11.2 Å². The third-order valence-electron chi connectivity index (χ3n) is 1.71. The van der Waals surface area contributed by atoms with E-state index in [1.54, 1.807) is 6.07 Å². The zero-order valence-electron chi connectivity index (χ0n) is 8.03. The first-order valence-electron chi connectivity index (χ1n) is 3.98. The molecule has 1 heterocycles. The minimum Gasteiger partial charge on any atom is -0.383 e. The van der Waals surface area contributed by atoms with Crippen molar-refractivity contribution < 1.29 is 4.79 Å². The molecule has 13 heavy (non-hydrogen) atoms.